The molecule has 1 atom stereocenters. The van der Waals surface area contributed by atoms with Crippen LogP contribution in [0.3, 0.4) is 0 Å². The molecular weight excluding hydrogens is 264 g/mol. The van der Waals surface area contributed by atoms with Crippen molar-refractivity contribution in [1.29, 1.82) is 0 Å². The number of nitrogens with one attached hydrogen (secondary N) is 2. The molecule has 0 aliphatic rings. The lowest BCUT2D eigenvalue weighted by molar-refractivity contribution is 0.0937. The van der Waals surface area contributed by atoms with E-state index in [4.69, 9.17) is 17.4 Å². The third-order valence-electron chi connectivity index (χ3n) is 2.86. The average molecular weight is 285 g/mol. The topological polar surface area (TPSA) is 80.0 Å². The van der Waals surface area contributed by atoms with Crippen molar-refractivity contribution in [2.75, 3.05) is 5.43 Å². The minimum atomic E-state index is -0.165. The van der Waals surface area contributed by atoms with Crippen molar-refractivity contribution in [2.45, 2.75) is 45.6 Å². The maximum Gasteiger partial charge on any atom is 0.253 e. The van der Waals surface area contributed by atoms with Crippen molar-refractivity contribution in [3.63, 3.8) is 0 Å². The zero-order valence-corrected chi connectivity index (χ0v) is 12.1. The van der Waals surface area contributed by atoms with E-state index in [0.29, 0.717) is 16.4 Å². The van der Waals surface area contributed by atoms with E-state index in [2.05, 4.69) is 22.7 Å². The minimum Gasteiger partial charge on any atom is -0.350 e. The number of nitrogens with two attached hydrogens (primary N) is 1. The van der Waals surface area contributed by atoms with Gasteiger partial charge in [0.1, 0.15) is 0 Å². The Hall–Kier alpha value is -1.33. The number of halogens is 1. The molecule has 0 radical (unpaired) electrons. The quantitative estimate of drug-likeness (QED) is 0.409. The van der Waals surface area contributed by atoms with Crippen molar-refractivity contribution < 1.29 is 4.79 Å². The number of anilines is 1. The minimum absolute atomic E-state index is 0.144. The van der Waals surface area contributed by atoms with Gasteiger partial charge in [-0.2, -0.15) is 0 Å². The van der Waals surface area contributed by atoms with Gasteiger partial charge in [0.2, 0.25) is 0 Å². The fourth-order valence-corrected chi connectivity index (χ4v) is 1.97. The highest BCUT2D eigenvalue weighted by Crippen LogP contribution is 2.19. The Morgan fingerprint density at radius 2 is 2.26 bits per heavy atom. The first-order valence-corrected chi connectivity index (χ1v) is 6.89. The Kier molecular flexibility index (Phi) is 6.59. The maximum atomic E-state index is 12.0. The van der Waals surface area contributed by atoms with Crippen LogP contribution in [0.2, 0.25) is 5.02 Å². The largest absolute Gasteiger partial charge is 0.350 e. The van der Waals surface area contributed by atoms with Crippen LogP contribution in [0.15, 0.2) is 12.3 Å². The Morgan fingerprint density at radius 3 is 2.84 bits per heavy atom. The summed E-state index contributed by atoms with van der Waals surface area (Å²) < 4.78 is 0. The summed E-state index contributed by atoms with van der Waals surface area (Å²) in [5.74, 6) is 5.42. The van der Waals surface area contributed by atoms with Crippen molar-refractivity contribution in [3.8, 4) is 0 Å². The van der Waals surface area contributed by atoms with Crippen LogP contribution in [-0.2, 0) is 0 Å². The highest BCUT2D eigenvalue weighted by atomic mass is 35.5. The molecule has 5 nitrogen and oxygen atoms in total. The number of hydrazine groups is 1. The summed E-state index contributed by atoms with van der Waals surface area (Å²) in [6.07, 6.45) is 5.91. The molecule has 106 valence electrons. The lowest BCUT2D eigenvalue weighted by Crippen LogP contribution is -2.32. The SMILES string of the molecule is CCCCCC(C)NC(=O)c1cnc(NN)c(Cl)c1. The van der Waals surface area contributed by atoms with E-state index in [-0.39, 0.29) is 11.9 Å². The molecular formula is C13H21ClN4O. The molecule has 1 rings (SSSR count). The molecule has 1 unspecified atom stereocenters. The third-order valence-corrected chi connectivity index (χ3v) is 3.15. The number of aromatic nitrogens is 1. The number of hydrogen-bond donors (Lipinski definition) is 3. The monoisotopic (exact) mass is 284 g/mol. The summed E-state index contributed by atoms with van der Waals surface area (Å²) in [7, 11) is 0. The fraction of sp³-hybridized carbons (Fsp3) is 0.538. The van der Waals surface area contributed by atoms with Gasteiger partial charge in [0, 0.05) is 12.2 Å². The van der Waals surface area contributed by atoms with Crippen LogP contribution in [0.4, 0.5) is 5.82 Å². The number of pyridine rings is 1. The van der Waals surface area contributed by atoms with E-state index in [9.17, 15) is 4.79 Å². The van der Waals surface area contributed by atoms with Crippen molar-refractivity contribution in [3.05, 3.63) is 22.8 Å². The summed E-state index contributed by atoms with van der Waals surface area (Å²) >= 11 is 5.93. The second-order valence-electron chi connectivity index (χ2n) is 4.57. The van der Waals surface area contributed by atoms with E-state index in [1.807, 2.05) is 6.92 Å². The predicted octanol–water partition coefficient (Wildman–Crippen LogP) is 2.72. The molecule has 0 aromatic carbocycles. The summed E-state index contributed by atoms with van der Waals surface area (Å²) in [6.45, 7) is 4.16. The van der Waals surface area contributed by atoms with Crippen LogP contribution < -0.4 is 16.6 Å². The van der Waals surface area contributed by atoms with Crippen molar-refractivity contribution >= 4 is 23.3 Å². The molecule has 0 bridgehead atoms. The van der Waals surface area contributed by atoms with E-state index in [0.717, 1.165) is 12.8 Å². The molecule has 0 saturated carbocycles. The van der Waals surface area contributed by atoms with Crippen LogP contribution in [0.1, 0.15) is 49.9 Å². The molecule has 1 aromatic heterocycles. The first-order valence-electron chi connectivity index (χ1n) is 6.51. The van der Waals surface area contributed by atoms with Gasteiger partial charge in [0.05, 0.1) is 10.6 Å². The molecule has 6 heteroatoms. The number of hydrogen-bond acceptors (Lipinski definition) is 4. The molecule has 19 heavy (non-hydrogen) atoms. The highest BCUT2D eigenvalue weighted by molar-refractivity contribution is 6.33. The normalized spacial score (nSPS) is 12.0. The van der Waals surface area contributed by atoms with Gasteiger partial charge in [-0.1, -0.05) is 37.8 Å². The number of nitrogens with zero attached hydrogens (tertiary/aromatic N) is 1. The van der Waals surface area contributed by atoms with E-state index in [1.54, 1.807) is 6.07 Å². The molecule has 1 aromatic rings. The molecule has 0 fully saturated rings. The Balaban J connectivity index is 2.55. The van der Waals surface area contributed by atoms with Crippen molar-refractivity contribution in [1.82, 2.24) is 10.3 Å². The smallest absolute Gasteiger partial charge is 0.253 e. The summed E-state index contributed by atoms with van der Waals surface area (Å²) in [6, 6.07) is 1.70. The average Bonchev–Trinajstić information content (AvgIpc) is 2.38. The highest BCUT2D eigenvalue weighted by Gasteiger charge is 2.12. The first-order chi connectivity index (χ1) is 9.08. The Morgan fingerprint density at radius 1 is 1.53 bits per heavy atom. The summed E-state index contributed by atoms with van der Waals surface area (Å²) in [5, 5.41) is 3.26. The number of rotatable bonds is 7. The van der Waals surface area contributed by atoms with Gasteiger partial charge in [-0.3, -0.25) is 4.79 Å². The zero-order chi connectivity index (χ0) is 14.3. The number of nitrogen functional groups attached to an aromatic ring is 1. The second kappa shape index (κ2) is 7.96. The molecule has 0 spiro atoms. The first kappa shape index (κ1) is 15.7. The lowest BCUT2D eigenvalue weighted by Gasteiger charge is -2.14. The third kappa shape index (κ3) is 5.04. The standard InChI is InChI=1S/C13H21ClN4O/c1-3-4-5-6-9(2)17-13(19)10-7-11(14)12(18-15)16-8-10/h7-9H,3-6,15H2,1-2H3,(H,16,18)(H,17,19). The van der Waals surface area contributed by atoms with Crippen LogP contribution in [0, 0.1) is 0 Å². The van der Waals surface area contributed by atoms with E-state index < -0.39 is 0 Å². The molecule has 0 aliphatic heterocycles. The second-order valence-corrected chi connectivity index (χ2v) is 4.98. The molecule has 0 aliphatic carbocycles. The summed E-state index contributed by atoms with van der Waals surface area (Å²) in [5.41, 5.74) is 2.80. The molecule has 0 saturated heterocycles. The number of unbranched alkanes of at least 4 members (excludes halogenated alkanes) is 2. The van der Waals surface area contributed by atoms with Gasteiger partial charge in [0.15, 0.2) is 5.82 Å². The van der Waals surface area contributed by atoms with Crippen LogP contribution in [0.25, 0.3) is 0 Å². The maximum absolute atomic E-state index is 12.0. The number of amides is 1. The van der Waals surface area contributed by atoms with Crippen LogP contribution in [0.5, 0.6) is 0 Å². The molecule has 1 heterocycles. The van der Waals surface area contributed by atoms with Gasteiger partial charge < -0.3 is 10.7 Å². The Bertz CT molecular complexity index is 425. The van der Waals surface area contributed by atoms with Gasteiger partial charge in [0.25, 0.3) is 5.91 Å². The van der Waals surface area contributed by atoms with Crippen LogP contribution >= 0.6 is 11.6 Å². The van der Waals surface area contributed by atoms with Gasteiger partial charge in [-0.25, -0.2) is 10.8 Å². The predicted molar refractivity (Wildman–Crippen MR) is 78.1 cm³/mol. The number of carbonyl (C=O) groups is 1. The fourth-order valence-electron chi connectivity index (χ4n) is 1.75. The van der Waals surface area contributed by atoms with Gasteiger partial charge >= 0.3 is 0 Å². The molecule has 4 N–H and O–H groups in total. The number of carbonyl (C=O) groups excluding carboxylic acids is 1. The van der Waals surface area contributed by atoms with Gasteiger partial charge in [-0.05, 0) is 19.4 Å². The van der Waals surface area contributed by atoms with Gasteiger partial charge in [-0.15, -0.1) is 0 Å². The van der Waals surface area contributed by atoms with Crippen LogP contribution in [-0.4, -0.2) is 16.9 Å². The van der Waals surface area contributed by atoms with Crippen molar-refractivity contribution in [2.24, 2.45) is 5.84 Å². The Labute approximate surface area is 118 Å². The summed E-state index contributed by atoms with van der Waals surface area (Å²) in [4.78, 5) is 15.9. The lowest BCUT2D eigenvalue weighted by atomic mass is 10.1. The molecule has 1 amide bonds. The van der Waals surface area contributed by atoms with E-state index >= 15 is 0 Å². The van der Waals surface area contributed by atoms with E-state index in [1.165, 1.54) is 19.0 Å². The zero-order valence-electron chi connectivity index (χ0n) is 11.4.